The summed E-state index contributed by atoms with van der Waals surface area (Å²) < 4.78 is 0. The van der Waals surface area contributed by atoms with Crippen LogP contribution in [0.2, 0.25) is 0 Å². The Labute approximate surface area is 198 Å². The van der Waals surface area contributed by atoms with Gasteiger partial charge in [0, 0.05) is 24.7 Å². The van der Waals surface area contributed by atoms with Gasteiger partial charge in [-0.25, -0.2) is 4.98 Å². The highest BCUT2D eigenvalue weighted by Crippen LogP contribution is 2.27. The maximum atomic E-state index is 13.1. The summed E-state index contributed by atoms with van der Waals surface area (Å²) in [5, 5.41) is 19.5. The van der Waals surface area contributed by atoms with Crippen LogP contribution in [0.3, 0.4) is 0 Å². The molecule has 1 aromatic heterocycles. The van der Waals surface area contributed by atoms with Crippen molar-refractivity contribution in [3.05, 3.63) is 76.9 Å². The summed E-state index contributed by atoms with van der Waals surface area (Å²) in [6, 6.07) is 14.7. The zero-order valence-electron chi connectivity index (χ0n) is 19.4. The molecule has 2 aromatic carbocycles. The van der Waals surface area contributed by atoms with E-state index in [0.717, 1.165) is 16.8 Å². The van der Waals surface area contributed by atoms with Gasteiger partial charge in [-0.2, -0.15) is 0 Å². The Morgan fingerprint density at radius 1 is 1.26 bits per heavy atom. The number of aromatic nitrogens is 3. The number of carbonyl (C=O) groups is 2. The number of likely N-dealkylation sites (N-methyl/N-ethyl adjacent to an activating group) is 1. The second-order valence-electron chi connectivity index (χ2n) is 8.88. The van der Waals surface area contributed by atoms with Crippen molar-refractivity contribution >= 4 is 17.5 Å². The predicted octanol–water partition coefficient (Wildman–Crippen LogP) is 2.23. The number of amides is 2. The third-order valence-corrected chi connectivity index (χ3v) is 5.54. The lowest BCUT2D eigenvalue weighted by atomic mass is 10.0. The van der Waals surface area contributed by atoms with Crippen molar-refractivity contribution in [2.45, 2.75) is 44.8 Å². The minimum Gasteiger partial charge on any atom is -0.378 e. The molecule has 4 rings (SSSR count). The minimum atomic E-state index is -1.11. The van der Waals surface area contributed by atoms with Crippen LogP contribution in [0.15, 0.2) is 48.5 Å². The van der Waals surface area contributed by atoms with Gasteiger partial charge in [-0.05, 0) is 49.9 Å². The molecule has 0 radical (unpaired) electrons. The Bertz CT molecular complexity index is 1260. The molecule has 2 amide bonds. The number of aromatic amines is 1. The van der Waals surface area contributed by atoms with Gasteiger partial charge in [-0.3, -0.25) is 14.7 Å². The lowest BCUT2D eigenvalue weighted by molar-refractivity contribution is -0.120. The number of nitrogens with one attached hydrogen (secondary N) is 2. The fraction of sp³-hybridized carbons (Fsp3) is 0.308. The van der Waals surface area contributed by atoms with E-state index in [1.807, 2.05) is 48.5 Å². The number of aliphatic hydroxyl groups is 1. The van der Waals surface area contributed by atoms with E-state index in [2.05, 4.69) is 32.3 Å². The van der Waals surface area contributed by atoms with Crippen molar-refractivity contribution in [1.82, 2.24) is 20.5 Å². The van der Waals surface area contributed by atoms with Crippen LogP contribution in [-0.2, 0) is 17.6 Å². The number of rotatable bonds is 4. The van der Waals surface area contributed by atoms with Crippen LogP contribution in [0, 0.1) is 11.8 Å². The molecule has 2 heterocycles. The van der Waals surface area contributed by atoms with Crippen LogP contribution >= 0.6 is 0 Å². The molecule has 0 bridgehead atoms. The first-order chi connectivity index (χ1) is 16.2. The number of hydrogen-bond acceptors (Lipinski definition) is 5. The summed E-state index contributed by atoms with van der Waals surface area (Å²) in [7, 11) is 1.68. The summed E-state index contributed by atoms with van der Waals surface area (Å²) >= 11 is 0. The Balaban J connectivity index is 1.46. The van der Waals surface area contributed by atoms with Gasteiger partial charge < -0.3 is 15.3 Å². The third kappa shape index (κ3) is 5.50. The monoisotopic (exact) mass is 457 g/mol. The quantitative estimate of drug-likeness (QED) is 0.521. The van der Waals surface area contributed by atoms with E-state index in [0.29, 0.717) is 30.7 Å². The normalized spacial score (nSPS) is 15.7. The van der Waals surface area contributed by atoms with E-state index < -0.39 is 17.6 Å². The SMILES string of the molecule is CN1C(=O)[C@@H](NC(=O)c2n[nH]c(Cc3ccccc3)n2)CCc2ccc(C#CC(C)(C)O)cc21. The molecule has 174 valence electrons. The number of hydrogen-bond donors (Lipinski definition) is 3. The van der Waals surface area contributed by atoms with E-state index in [-0.39, 0.29) is 11.7 Å². The second kappa shape index (κ2) is 9.49. The predicted molar refractivity (Wildman–Crippen MR) is 128 cm³/mol. The molecule has 3 aromatic rings. The number of nitrogens with zero attached hydrogens (tertiary/aromatic N) is 3. The molecule has 34 heavy (non-hydrogen) atoms. The minimum absolute atomic E-state index is 0.00678. The van der Waals surface area contributed by atoms with Crippen LogP contribution in [0.1, 0.15) is 53.4 Å². The molecule has 1 atom stereocenters. The molecular weight excluding hydrogens is 430 g/mol. The van der Waals surface area contributed by atoms with Gasteiger partial charge in [0.2, 0.25) is 11.7 Å². The Morgan fingerprint density at radius 2 is 2.03 bits per heavy atom. The summed E-state index contributed by atoms with van der Waals surface area (Å²) in [5.74, 6) is 5.60. The average molecular weight is 458 g/mol. The van der Waals surface area contributed by atoms with Gasteiger partial charge in [0.15, 0.2) is 0 Å². The van der Waals surface area contributed by atoms with Gasteiger partial charge in [-0.1, -0.05) is 48.2 Å². The first kappa shape index (κ1) is 23.2. The molecule has 1 aliphatic heterocycles. The Morgan fingerprint density at radius 3 is 2.76 bits per heavy atom. The molecule has 3 N–H and O–H groups in total. The lowest BCUT2D eigenvalue weighted by Crippen LogP contribution is -2.47. The molecule has 8 nitrogen and oxygen atoms in total. The number of carbonyl (C=O) groups excluding carboxylic acids is 2. The molecular formula is C26H27N5O3. The first-order valence-electron chi connectivity index (χ1n) is 11.1. The molecule has 0 spiro atoms. The van der Waals surface area contributed by atoms with Gasteiger partial charge in [0.25, 0.3) is 5.91 Å². The summed E-state index contributed by atoms with van der Waals surface area (Å²) in [4.78, 5) is 31.8. The number of fused-ring (bicyclic) bond motifs is 1. The summed E-state index contributed by atoms with van der Waals surface area (Å²) in [5.41, 5.74) is 2.38. The van der Waals surface area contributed by atoms with Crippen molar-refractivity contribution in [3.63, 3.8) is 0 Å². The van der Waals surface area contributed by atoms with Crippen molar-refractivity contribution in [2.75, 3.05) is 11.9 Å². The fourth-order valence-electron chi connectivity index (χ4n) is 3.79. The molecule has 1 aliphatic rings. The Hall–Kier alpha value is -3.96. The van der Waals surface area contributed by atoms with Gasteiger partial charge in [0.05, 0.1) is 0 Å². The number of aryl methyl sites for hydroxylation is 1. The van der Waals surface area contributed by atoms with Crippen molar-refractivity contribution < 1.29 is 14.7 Å². The lowest BCUT2D eigenvalue weighted by Gasteiger charge is -2.22. The zero-order chi connectivity index (χ0) is 24.3. The second-order valence-corrected chi connectivity index (χ2v) is 8.88. The van der Waals surface area contributed by atoms with Crippen LogP contribution in [-0.4, -0.2) is 50.8 Å². The largest absolute Gasteiger partial charge is 0.378 e. The van der Waals surface area contributed by atoms with Crippen molar-refractivity contribution in [2.24, 2.45) is 0 Å². The number of benzene rings is 2. The van der Waals surface area contributed by atoms with E-state index in [1.54, 1.807) is 25.8 Å². The number of anilines is 1. The van der Waals surface area contributed by atoms with Gasteiger partial charge in [-0.15, -0.1) is 5.10 Å². The van der Waals surface area contributed by atoms with Gasteiger partial charge in [0.1, 0.15) is 17.5 Å². The summed E-state index contributed by atoms with van der Waals surface area (Å²) in [6.45, 7) is 3.23. The maximum absolute atomic E-state index is 13.1. The molecule has 8 heteroatoms. The highest BCUT2D eigenvalue weighted by atomic mass is 16.3. The van der Waals surface area contributed by atoms with E-state index in [4.69, 9.17) is 0 Å². The molecule has 0 aliphatic carbocycles. The van der Waals surface area contributed by atoms with Crippen LogP contribution in [0.5, 0.6) is 0 Å². The standard InChI is InChI=1S/C26H27N5O3/c1-26(2,34)14-13-18-9-10-19-11-12-20(25(33)31(3)21(19)15-18)27-24(32)23-28-22(29-30-23)16-17-7-5-4-6-8-17/h4-10,15,20,34H,11-12,16H2,1-3H3,(H,27,32)(H,28,29,30)/t20-/m0/s1. The topological polar surface area (TPSA) is 111 Å². The van der Waals surface area contributed by atoms with Crippen molar-refractivity contribution in [3.8, 4) is 11.8 Å². The van der Waals surface area contributed by atoms with Crippen LogP contribution in [0.25, 0.3) is 0 Å². The van der Waals surface area contributed by atoms with E-state index >= 15 is 0 Å². The molecule has 0 saturated carbocycles. The first-order valence-corrected chi connectivity index (χ1v) is 11.1. The third-order valence-electron chi connectivity index (χ3n) is 5.54. The maximum Gasteiger partial charge on any atom is 0.291 e. The highest BCUT2D eigenvalue weighted by molar-refractivity contribution is 6.02. The zero-order valence-corrected chi connectivity index (χ0v) is 19.4. The van der Waals surface area contributed by atoms with Crippen molar-refractivity contribution in [1.29, 1.82) is 0 Å². The molecule has 0 saturated heterocycles. The smallest absolute Gasteiger partial charge is 0.291 e. The van der Waals surface area contributed by atoms with E-state index in [9.17, 15) is 14.7 Å². The van der Waals surface area contributed by atoms with Crippen LogP contribution < -0.4 is 10.2 Å². The Kier molecular flexibility index (Phi) is 6.48. The van der Waals surface area contributed by atoms with Crippen LogP contribution in [0.4, 0.5) is 5.69 Å². The average Bonchev–Trinajstić information content (AvgIpc) is 3.24. The number of H-pyrrole nitrogens is 1. The molecule has 0 fully saturated rings. The van der Waals surface area contributed by atoms with Gasteiger partial charge >= 0.3 is 0 Å². The fourth-order valence-corrected chi connectivity index (χ4v) is 3.79. The van der Waals surface area contributed by atoms with E-state index in [1.165, 1.54) is 0 Å². The summed E-state index contributed by atoms with van der Waals surface area (Å²) in [6.07, 6.45) is 1.60. The molecule has 0 unspecified atom stereocenters. The highest BCUT2D eigenvalue weighted by Gasteiger charge is 2.30.